The van der Waals surface area contributed by atoms with Gasteiger partial charge in [-0.25, -0.2) is 0 Å². The summed E-state index contributed by atoms with van der Waals surface area (Å²) in [6, 6.07) is 9.39. The molecule has 0 fully saturated rings. The lowest BCUT2D eigenvalue weighted by molar-refractivity contribution is -0.137. The van der Waals surface area contributed by atoms with Crippen molar-refractivity contribution >= 4 is 35.2 Å². The number of ether oxygens (including phenoxy) is 2. The van der Waals surface area contributed by atoms with Gasteiger partial charge in [0.2, 0.25) is 0 Å². The molecule has 0 aliphatic carbocycles. The number of methoxy groups -OCH3 is 1. The van der Waals surface area contributed by atoms with E-state index in [1.807, 2.05) is 0 Å². The third kappa shape index (κ3) is 6.23. The standard InChI is InChI=1S/C18H16F3N3O3S/c1-11(25)27-15-7-6-12(8-16(15)26-2)10-22-24-17(28)23-14-5-3-4-13(9-14)18(19,20)21/h3-10H,1-2H3,(H2,23,24,28)/b22-10-. The molecular formula is C18H16F3N3O3S. The highest BCUT2D eigenvalue weighted by atomic mass is 32.1. The Morgan fingerprint density at radius 3 is 2.57 bits per heavy atom. The molecular weight excluding hydrogens is 395 g/mol. The number of halogens is 3. The van der Waals surface area contributed by atoms with E-state index in [4.69, 9.17) is 21.7 Å². The van der Waals surface area contributed by atoms with E-state index >= 15 is 0 Å². The number of hydrogen-bond donors (Lipinski definition) is 2. The molecule has 0 radical (unpaired) electrons. The van der Waals surface area contributed by atoms with Crippen LogP contribution in [-0.2, 0) is 11.0 Å². The van der Waals surface area contributed by atoms with Crippen molar-refractivity contribution in [2.75, 3.05) is 12.4 Å². The molecule has 0 heterocycles. The Kier molecular flexibility index (Phi) is 6.94. The number of alkyl halides is 3. The highest BCUT2D eigenvalue weighted by Gasteiger charge is 2.30. The summed E-state index contributed by atoms with van der Waals surface area (Å²) in [5.74, 6) is 0.123. The molecule has 6 nitrogen and oxygen atoms in total. The first-order valence-electron chi connectivity index (χ1n) is 7.83. The van der Waals surface area contributed by atoms with E-state index in [9.17, 15) is 18.0 Å². The molecule has 28 heavy (non-hydrogen) atoms. The molecule has 0 aliphatic rings. The largest absolute Gasteiger partial charge is 0.493 e. The Morgan fingerprint density at radius 2 is 1.93 bits per heavy atom. The van der Waals surface area contributed by atoms with Crippen molar-refractivity contribution in [3.05, 3.63) is 53.6 Å². The van der Waals surface area contributed by atoms with Crippen molar-refractivity contribution in [2.24, 2.45) is 5.10 Å². The zero-order chi connectivity index (χ0) is 20.7. The zero-order valence-electron chi connectivity index (χ0n) is 14.8. The fourth-order valence-corrected chi connectivity index (χ4v) is 2.27. The number of carbonyl (C=O) groups is 1. The van der Waals surface area contributed by atoms with Crippen molar-refractivity contribution in [1.29, 1.82) is 0 Å². The van der Waals surface area contributed by atoms with Crippen LogP contribution in [-0.4, -0.2) is 24.4 Å². The summed E-state index contributed by atoms with van der Waals surface area (Å²) in [5.41, 5.74) is 2.51. The smallest absolute Gasteiger partial charge is 0.416 e. The SMILES string of the molecule is COc1cc(/C=N\NC(=S)Nc2cccc(C(F)(F)F)c2)ccc1OC(C)=O. The predicted molar refractivity (Wildman–Crippen MR) is 103 cm³/mol. The minimum atomic E-state index is -4.44. The third-order valence-electron chi connectivity index (χ3n) is 3.27. The van der Waals surface area contributed by atoms with Gasteiger partial charge in [-0.3, -0.25) is 10.2 Å². The van der Waals surface area contributed by atoms with Gasteiger partial charge in [-0.15, -0.1) is 0 Å². The van der Waals surface area contributed by atoms with Crippen LogP contribution in [0, 0.1) is 0 Å². The maximum Gasteiger partial charge on any atom is 0.416 e. The summed E-state index contributed by atoms with van der Waals surface area (Å²) in [4.78, 5) is 11.0. The van der Waals surface area contributed by atoms with Crippen molar-refractivity contribution < 1.29 is 27.4 Å². The van der Waals surface area contributed by atoms with Crippen LogP contribution in [0.5, 0.6) is 11.5 Å². The second kappa shape index (κ2) is 9.18. The first kappa shape index (κ1) is 21.2. The Morgan fingerprint density at radius 1 is 1.18 bits per heavy atom. The molecule has 0 saturated carbocycles. The maximum absolute atomic E-state index is 12.7. The Labute approximate surface area is 164 Å². The van der Waals surface area contributed by atoms with Crippen LogP contribution in [0.15, 0.2) is 47.6 Å². The summed E-state index contributed by atoms with van der Waals surface area (Å²) < 4.78 is 48.3. The molecule has 148 valence electrons. The highest BCUT2D eigenvalue weighted by Crippen LogP contribution is 2.30. The number of nitrogens with one attached hydrogen (secondary N) is 2. The molecule has 2 aromatic carbocycles. The summed E-state index contributed by atoms with van der Waals surface area (Å²) in [6.45, 7) is 1.27. The van der Waals surface area contributed by atoms with Gasteiger partial charge in [-0.2, -0.15) is 18.3 Å². The fourth-order valence-electron chi connectivity index (χ4n) is 2.10. The molecule has 0 unspecified atom stereocenters. The summed E-state index contributed by atoms with van der Waals surface area (Å²) in [5, 5.41) is 6.54. The van der Waals surface area contributed by atoms with Crippen molar-refractivity contribution in [1.82, 2.24) is 5.43 Å². The van der Waals surface area contributed by atoms with E-state index in [0.717, 1.165) is 12.1 Å². The molecule has 2 N–H and O–H groups in total. The summed E-state index contributed by atoms with van der Waals surface area (Å²) in [6.07, 6.45) is -3.03. The van der Waals surface area contributed by atoms with E-state index in [2.05, 4.69) is 15.8 Å². The molecule has 0 saturated heterocycles. The molecule has 0 bridgehead atoms. The van der Waals surface area contributed by atoms with Gasteiger partial charge in [-0.05, 0) is 54.2 Å². The van der Waals surface area contributed by atoms with E-state index < -0.39 is 17.7 Å². The first-order valence-corrected chi connectivity index (χ1v) is 8.23. The molecule has 0 aromatic heterocycles. The van der Waals surface area contributed by atoms with Gasteiger partial charge < -0.3 is 14.8 Å². The lowest BCUT2D eigenvalue weighted by atomic mass is 10.2. The predicted octanol–water partition coefficient (Wildman–Crippen LogP) is 3.96. The Hall–Kier alpha value is -3.14. The first-order chi connectivity index (χ1) is 13.2. The quantitative estimate of drug-likeness (QED) is 0.255. The van der Waals surface area contributed by atoms with Gasteiger partial charge in [0.25, 0.3) is 0 Å². The molecule has 10 heteroatoms. The molecule has 0 aliphatic heterocycles. The van der Waals surface area contributed by atoms with E-state index in [-0.39, 0.29) is 16.5 Å². The van der Waals surface area contributed by atoms with Crippen LogP contribution in [0.25, 0.3) is 0 Å². The second-order valence-electron chi connectivity index (χ2n) is 5.41. The van der Waals surface area contributed by atoms with Crippen molar-refractivity contribution in [2.45, 2.75) is 13.1 Å². The van der Waals surface area contributed by atoms with Gasteiger partial charge in [-0.1, -0.05) is 6.07 Å². The van der Waals surface area contributed by atoms with E-state index in [1.165, 1.54) is 32.4 Å². The van der Waals surface area contributed by atoms with Gasteiger partial charge in [0.15, 0.2) is 16.6 Å². The van der Waals surface area contributed by atoms with Crippen molar-refractivity contribution in [3.8, 4) is 11.5 Å². The molecule has 2 aromatic rings. The Balaban J connectivity index is 1.99. The zero-order valence-corrected chi connectivity index (χ0v) is 15.6. The number of esters is 1. The maximum atomic E-state index is 12.7. The Bertz CT molecular complexity index is 901. The molecule has 0 spiro atoms. The van der Waals surface area contributed by atoms with Crippen LogP contribution in [0.1, 0.15) is 18.1 Å². The number of hydrogen-bond acceptors (Lipinski definition) is 5. The lowest BCUT2D eigenvalue weighted by Crippen LogP contribution is -2.24. The number of rotatable bonds is 5. The molecule has 0 amide bonds. The minimum absolute atomic E-state index is 0.0130. The number of anilines is 1. The van der Waals surface area contributed by atoms with Crippen LogP contribution in [0.4, 0.5) is 18.9 Å². The topological polar surface area (TPSA) is 71.9 Å². The summed E-state index contributed by atoms with van der Waals surface area (Å²) >= 11 is 5.01. The van der Waals surface area contributed by atoms with Crippen LogP contribution in [0.3, 0.4) is 0 Å². The number of thiocarbonyl (C=S) groups is 1. The third-order valence-corrected chi connectivity index (χ3v) is 3.46. The van der Waals surface area contributed by atoms with Gasteiger partial charge >= 0.3 is 12.1 Å². The normalized spacial score (nSPS) is 11.2. The van der Waals surface area contributed by atoms with Gasteiger partial charge in [0.05, 0.1) is 18.9 Å². The minimum Gasteiger partial charge on any atom is -0.493 e. The number of benzene rings is 2. The number of carbonyl (C=O) groups excluding carboxylic acids is 1. The average Bonchev–Trinajstić information content (AvgIpc) is 2.62. The number of hydrazone groups is 1. The second-order valence-corrected chi connectivity index (χ2v) is 5.81. The number of nitrogens with zero attached hydrogens (tertiary/aromatic N) is 1. The van der Waals surface area contributed by atoms with Crippen LogP contribution in [0.2, 0.25) is 0 Å². The molecule has 2 rings (SSSR count). The molecule has 0 atom stereocenters. The summed E-state index contributed by atoms with van der Waals surface area (Å²) in [7, 11) is 1.43. The van der Waals surface area contributed by atoms with Crippen molar-refractivity contribution in [3.63, 3.8) is 0 Å². The lowest BCUT2D eigenvalue weighted by Gasteiger charge is -2.11. The monoisotopic (exact) mass is 411 g/mol. The highest BCUT2D eigenvalue weighted by molar-refractivity contribution is 7.80. The van der Waals surface area contributed by atoms with Crippen LogP contribution >= 0.6 is 12.2 Å². The van der Waals surface area contributed by atoms with Gasteiger partial charge in [0, 0.05) is 12.6 Å². The van der Waals surface area contributed by atoms with Crippen LogP contribution < -0.4 is 20.2 Å². The van der Waals surface area contributed by atoms with E-state index in [0.29, 0.717) is 11.3 Å². The van der Waals surface area contributed by atoms with Gasteiger partial charge in [0.1, 0.15) is 0 Å². The van der Waals surface area contributed by atoms with E-state index in [1.54, 1.807) is 18.2 Å². The fraction of sp³-hybridized carbons (Fsp3) is 0.167. The average molecular weight is 411 g/mol.